The molecule has 0 aromatic rings. The highest BCUT2D eigenvalue weighted by molar-refractivity contribution is 6.43. The number of ether oxygens (including phenoxy) is 3. The van der Waals surface area contributed by atoms with E-state index in [1.165, 1.54) is 0 Å². The van der Waals surface area contributed by atoms with Crippen LogP contribution in [0.2, 0.25) is 0 Å². The SMILES string of the molecule is CC(Cl)Cl.CCOC(OCC)OCC. The van der Waals surface area contributed by atoms with Crippen LogP contribution in [0.3, 0.4) is 0 Å². The summed E-state index contributed by atoms with van der Waals surface area (Å²) in [5.74, 6) is 0. The summed E-state index contributed by atoms with van der Waals surface area (Å²) in [5, 5.41) is 0. The number of hydrogen-bond donors (Lipinski definition) is 0. The minimum absolute atomic E-state index is 0.222. The van der Waals surface area contributed by atoms with E-state index in [1.807, 2.05) is 20.8 Å². The van der Waals surface area contributed by atoms with Gasteiger partial charge in [-0.05, 0) is 27.7 Å². The lowest BCUT2D eigenvalue weighted by Crippen LogP contribution is -2.20. The molecule has 0 aliphatic rings. The van der Waals surface area contributed by atoms with Gasteiger partial charge in [-0.3, -0.25) is 0 Å². The van der Waals surface area contributed by atoms with Crippen molar-refractivity contribution < 1.29 is 14.2 Å². The van der Waals surface area contributed by atoms with Gasteiger partial charge in [-0.2, -0.15) is 0 Å². The molecule has 14 heavy (non-hydrogen) atoms. The van der Waals surface area contributed by atoms with Gasteiger partial charge in [0.25, 0.3) is 6.48 Å². The van der Waals surface area contributed by atoms with Crippen molar-refractivity contribution in [2.24, 2.45) is 0 Å². The molecule has 5 heteroatoms. The first-order valence-corrected chi connectivity index (χ1v) is 5.58. The van der Waals surface area contributed by atoms with E-state index >= 15 is 0 Å². The van der Waals surface area contributed by atoms with Crippen molar-refractivity contribution in [3.8, 4) is 0 Å². The Morgan fingerprint density at radius 1 is 0.857 bits per heavy atom. The molecule has 0 rings (SSSR count). The predicted molar refractivity (Wildman–Crippen MR) is 59.8 cm³/mol. The van der Waals surface area contributed by atoms with Crippen LogP contribution >= 0.6 is 23.2 Å². The molecule has 0 radical (unpaired) electrons. The molecule has 0 N–H and O–H groups in total. The van der Waals surface area contributed by atoms with Gasteiger partial charge >= 0.3 is 0 Å². The molecule has 0 unspecified atom stereocenters. The Kier molecular flexibility index (Phi) is 16.2. The first kappa shape index (κ1) is 16.9. The van der Waals surface area contributed by atoms with Crippen LogP contribution in [-0.4, -0.2) is 31.1 Å². The molecule has 0 spiro atoms. The van der Waals surface area contributed by atoms with Crippen molar-refractivity contribution in [1.82, 2.24) is 0 Å². The first-order chi connectivity index (χ1) is 6.58. The van der Waals surface area contributed by atoms with E-state index in [0.717, 1.165) is 0 Å². The zero-order valence-electron chi connectivity index (χ0n) is 9.26. The highest BCUT2D eigenvalue weighted by Crippen LogP contribution is 1.96. The molecule has 0 bridgehead atoms. The van der Waals surface area contributed by atoms with E-state index in [4.69, 9.17) is 37.4 Å². The van der Waals surface area contributed by atoms with Crippen LogP contribution in [0.1, 0.15) is 27.7 Å². The Balaban J connectivity index is 0. The maximum atomic E-state index is 5.08. The maximum absolute atomic E-state index is 5.08. The largest absolute Gasteiger partial charge is 0.330 e. The summed E-state index contributed by atoms with van der Waals surface area (Å²) in [7, 11) is 0. The van der Waals surface area contributed by atoms with E-state index in [2.05, 4.69) is 0 Å². The third kappa shape index (κ3) is 18.3. The molecule has 0 amide bonds. The third-order valence-corrected chi connectivity index (χ3v) is 0.908. The summed E-state index contributed by atoms with van der Waals surface area (Å²) in [5.41, 5.74) is 0. The maximum Gasteiger partial charge on any atom is 0.271 e. The van der Waals surface area contributed by atoms with E-state index < -0.39 is 6.48 Å². The van der Waals surface area contributed by atoms with Crippen molar-refractivity contribution in [2.45, 2.75) is 39.0 Å². The lowest BCUT2D eigenvalue weighted by Gasteiger charge is -2.15. The van der Waals surface area contributed by atoms with Crippen LogP contribution in [-0.2, 0) is 14.2 Å². The molecule has 0 aliphatic carbocycles. The fourth-order valence-electron chi connectivity index (χ4n) is 0.553. The summed E-state index contributed by atoms with van der Waals surface area (Å²) >= 11 is 10.1. The Labute approximate surface area is 96.6 Å². The van der Waals surface area contributed by atoms with Crippen LogP contribution in [0.4, 0.5) is 0 Å². The summed E-state index contributed by atoms with van der Waals surface area (Å²) in [4.78, 5) is -0.222. The van der Waals surface area contributed by atoms with Gasteiger partial charge in [0.1, 0.15) is 4.84 Å². The Morgan fingerprint density at radius 3 is 1.21 bits per heavy atom. The summed E-state index contributed by atoms with van der Waals surface area (Å²) in [6.45, 7) is 8.80. The van der Waals surface area contributed by atoms with Crippen molar-refractivity contribution in [1.29, 1.82) is 0 Å². The van der Waals surface area contributed by atoms with Crippen LogP contribution in [0.15, 0.2) is 0 Å². The number of alkyl halides is 2. The summed E-state index contributed by atoms with van der Waals surface area (Å²) < 4.78 is 15.2. The Bertz CT molecular complexity index is 85.0. The average molecular weight is 247 g/mol. The predicted octanol–water partition coefficient (Wildman–Crippen LogP) is 3.19. The molecule has 0 saturated carbocycles. The number of hydrogen-bond acceptors (Lipinski definition) is 3. The lowest BCUT2D eigenvalue weighted by atomic mass is 10.8. The molecule has 0 fully saturated rings. The standard InChI is InChI=1S/C7H16O3.C2H4Cl2/c1-4-8-7(9-5-2)10-6-3;1-2(3)4/h7H,4-6H2,1-3H3;2H,1H3. The molecule has 3 nitrogen and oxygen atoms in total. The Morgan fingerprint density at radius 2 is 1.07 bits per heavy atom. The fourth-order valence-corrected chi connectivity index (χ4v) is 0.553. The second-order valence-electron chi connectivity index (χ2n) is 2.17. The minimum Gasteiger partial charge on any atom is -0.330 e. The second-order valence-corrected chi connectivity index (χ2v) is 3.71. The summed E-state index contributed by atoms with van der Waals surface area (Å²) in [6.07, 6.45) is 0. The second kappa shape index (κ2) is 13.5. The monoisotopic (exact) mass is 246 g/mol. The number of rotatable bonds is 6. The topological polar surface area (TPSA) is 27.7 Å². The van der Waals surface area contributed by atoms with E-state index in [-0.39, 0.29) is 4.84 Å². The van der Waals surface area contributed by atoms with Gasteiger partial charge in [0, 0.05) is 19.8 Å². The van der Waals surface area contributed by atoms with Gasteiger partial charge in [0.05, 0.1) is 0 Å². The van der Waals surface area contributed by atoms with Gasteiger partial charge in [0.2, 0.25) is 0 Å². The molecule has 0 aliphatic heterocycles. The van der Waals surface area contributed by atoms with E-state index in [9.17, 15) is 0 Å². The molecule has 0 atom stereocenters. The normalized spacial score (nSPS) is 10.3. The highest BCUT2D eigenvalue weighted by Gasteiger charge is 2.04. The third-order valence-electron chi connectivity index (χ3n) is 0.908. The zero-order valence-corrected chi connectivity index (χ0v) is 10.8. The molecule has 0 heterocycles. The van der Waals surface area contributed by atoms with Crippen LogP contribution < -0.4 is 0 Å². The smallest absolute Gasteiger partial charge is 0.271 e. The van der Waals surface area contributed by atoms with Crippen molar-refractivity contribution in [3.05, 3.63) is 0 Å². The van der Waals surface area contributed by atoms with Gasteiger partial charge < -0.3 is 14.2 Å². The quantitative estimate of drug-likeness (QED) is 0.533. The molecular weight excluding hydrogens is 227 g/mol. The molecule has 0 aromatic carbocycles. The summed E-state index contributed by atoms with van der Waals surface area (Å²) in [6, 6.07) is 0. The highest BCUT2D eigenvalue weighted by atomic mass is 35.5. The van der Waals surface area contributed by atoms with Gasteiger partial charge in [0.15, 0.2) is 0 Å². The molecule has 88 valence electrons. The fraction of sp³-hybridized carbons (Fsp3) is 1.00. The van der Waals surface area contributed by atoms with Crippen LogP contribution in [0.5, 0.6) is 0 Å². The first-order valence-electron chi connectivity index (χ1n) is 4.71. The zero-order chi connectivity index (χ0) is 11.4. The van der Waals surface area contributed by atoms with E-state index in [0.29, 0.717) is 19.8 Å². The van der Waals surface area contributed by atoms with Crippen LogP contribution in [0.25, 0.3) is 0 Å². The van der Waals surface area contributed by atoms with Crippen molar-refractivity contribution in [3.63, 3.8) is 0 Å². The van der Waals surface area contributed by atoms with Gasteiger partial charge in [-0.25, -0.2) is 0 Å². The van der Waals surface area contributed by atoms with Gasteiger partial charge in [-0.1, -0.05) is 0 Å². The van der Waals surface area contributed by atoms with Gasteiger partial charge in [-0.15, -0.1) is 23.2 Å². The average Bonchev–Trinajstić information content (AvgIpc) is 2.04. The Hall–Kier alpha value is 0.460. The molecular formula is C9H20Cl2O3. The van der Waals surface area contributed by atoms with Crippen LogP contribution in [0, 0.1) is 0 Å². The molecule has 0 saturated heterocycles. The lowest BCUT2D eigenvalue weighted by molar-refractivity contribution is -0.282. The van der Waals surface area contributed by atoms with Crippen molar-refractivity contribution >= 4 is 23.2 Å². The van der Waals surface area contributed by atoms with Crippen molar-refractivity contribution in [2.75, 3.05) is 19.8 Å². The minimum atomic E-state index is -0.472. The van der Waals surface area contributed by atoms with E-state index in [1.54, 1.807) is 6.92 Å². The number of halogens is 2. The molecule has 0 aromatic heterocycles.